The largest absolute Gasteiger partial charge is 0.325 e. The van der Waals surface area contributed by atoms with Crippen LogP contribution in [0.4, 0.5) is 10.5 Å². The summed E-state index contributed by atoms with van der Waals surface area (Å²) < 4.78 is 0. The average Bonchev–Trinajstić information content (AvgIpc) is 2.90. The van der Waals surface area contributed by atoms with Gasteiger partial charge in [-0.3, -0.25) is 4.90 Å². The van der Waals surface area contributed by atoms with Crippen molar-refractivity contribution in [1.82, 2.24) is 4.90 Å². The minimum atomic E-state index is 0.0903. The fourth-order valence-electron chi connectivity index (χ4n) is 2.67. The van der Waals surface area contributed by atoms with Crippen molar-refractivity contribution in [2.24, 2.45) is 0 Å². The zero-order valence-corrected chi connectivity index (χ0v) is 11.6. The van der Waals surface area contributed by atoms with Crippen molar-refractivity contribution in [3.63, 3.8) is 0 Å². The summed E-state index contributed by atoms with van der Waals surface area (Å²) in [5, 5.41) is 0. The van der Waals surface area contributed by atoms with Gasteiger partial charge in [-0.25, -0.2) is 4.79 Å². The standard InChI is InChI=1S/C17H18N2O/c1-14(15-8-4-2-5-9-15)18-12-13-19(17(18)20)16-10-6-3-7-11-16/h2-11,14H,12-13H2,1H3/t14-/m0/s1. The highest BCUT2D eigenvalue weighted by molar-refractivity contribution is 5.94. The van der Waals surface area contributed by atoms with Crippen LogP contribution in [-0.4, -0.2) is 24.0 Å². The molecule has 2 aromatic rings. The average molecular weight is 266 g/mol. The number of amides is 2. The lowest BCUT2D eigenvalue weighted by Gasteiger charge is -2.25. The van der Waals surface area contributed by atoms with Gasteiger partial charge in [0.15, 0.2) is 0 Å². The number of hydrogen-bond donors (Lipinski definition) is 0. The third-order valence-electron chi connectivity index (χ3n) is 3.86. The van der Waals surface area contributed by atoms with E-state index < -0.39 is 0 Å². The molecule has 1 aliphatic rings. The Kier molecular flexibility index (Phi) is 3.42. The Morgan fingerprint density at radius 3 is 2.15 bits per heavy atom. The van der Waals surface area contributed by atoms with Crippen molar-refractivity contribution in [2.75, 3.05) is 18.0 Å². The lowest BCUT2D eigenvalue weighted by Crippen LogP contribution is -2.33. The zero-order chi connectivity index (χ0) is 13.9. The van der Waals surface area contributed by atoms with Crippen LogP contribution >= 0.6 is 0 Å². The van der Waals surface area contributed by atoms with Crippen molar-refractivity contribution in [2.45, 2.75) is 13.0 Å². The molecule has 0 unspecified atom stereocenters. The van der Waals surface area contributed by atoms with E-state index in [2.05, 4.69) is 19.1 Å². The van der Waals surface area contributed by atoms with Gasteiger partial charge < -0.3 is 4.90 Å². The monoisotopic (exact) mass is 266 g/mol. The van der Waals surface area contributed by atoms with E-state index in [0.29, 0.717) is 0 Å². The van der Waals surface area contributed by atoms with E-state index in [1.54, 1.807) is 0 Å². The molecule has 0 aliphatic carbocycles. The molecule has 0 radical (unpaired) electrons. The van der Waals surface area contributed by atoms with E-state index in [0.717, 1.165) is 18.8 Å². The minimum Gasteiger partial charge on any atom is -0.316 e. The topological polar surface area (TPSA) is 23.6 Å². The van der Waals surface area contributed by atoms with Crippen LogP contribution in [0.2, 0.25) is 0 Å². The molecule has 3 heteroatoms. The van der Waals surface area contributed by atoms with Crippen LogP contribution in [0.25, 0.3) is 0 Å². The van der Waals surface area contributed by atoms with Crippen molar-refractivity contribution < 1.29 is 4.79 Å². The Bertz CT molecular complexity index is 582. The van der Waals surface area contributed by atoms with Crippen molar-refractivity contribution >= 4 is 11.7 Å². The molecule has 3 rings (SSSR count). The molecule has 1 saturated heterocycles. The summed E-state index contributed by atoms with van der Waals surface area (Å²) in [6.45, 7) is 3.60. The van der Waals surface area contributed by atoms with Crippen LogP contribution in [0.1, 0.15) is 18.5 Å². The van der Waals surface area contributed by atoms with Crippen molar-refractivity contribution in [3.05, 3.63) is 66.2 Å². The quantitative estimate of drug-likeness (QED) is 0.831. The third kappa shape index (κ3) is 2.27. The van der Waals surface area contributed by atoms with E-state index in [1.165, 1.54) is 5.56 Å². The molecule has 1 atom stereocenters. The number of carbonyl (C=O) groups is 1. The second kappa shape index (κ2) is 5.37. The Labute approximate surface area is 119 Å². The minimum absolute atomic E-state index is 0.0903. The summed E-state index contributed by atoms with van der Waals surface area (Å²) in [5.74, 6) is 0. The van der Waals surface area contributed by atoms with Gasteiger partial charge in [-0.2, -0.15) is 0 Å². The molecule has 2 amide bonds. The Morgan fingerprint density at radius 2 is 1.50 bits per heavy atom. The maximum Gasteiger partial charge on any atom is 0.325 e. The molecule has 3 nitrogen and oxygen atoms in total. The first kappa shape index (κ1) is 12.7. The normalized spacial score (nSPS) is 16.6. The van der Waals surface area contributed by atoms with Gasteiger partial charge in [0.25, 0.3) is 0 Å². The van der Waals surface area contributed by atoms with Gasteiger partial charge >= 0.3 is 6.03 Å². The molecule has 0 saturated carbocycles. The van der Waals surface area contributed by atoms with Gasteiger partial charge in [0.2, 0.25) is 0 Å². The fraction of sp³-hybridized carbons (Fsp3) is 0.235. The smallest absolute Gasteiger partial charge is 0.316 e. The van der Waals surface area contributed by atoms with E-state index in [-0.39, 0.29) is 12.1 Å². The molecule has 1 fully saturated rings. The summed E-state index contributed by atoms with van der Waals surface area (Å²) in [6.07, 6.45) is 0. The van der Waals surface area contributed by atoms with E-state index in [1.807, 2.05) is 58.3 Å². The summed E-state index contributed by atoms with van der Waals surface area (Å²) in [7, 11) is 0. The molecule has 0 aromatic heterocycles. The predicted molar refractivity (Wildman–Crippen MR) is 80.7 cm³/mol. The maximum atomic E-state index is 12.6. The first-order valence-electron chi connectivity index (χ1n) is 6.95. The first-order valence-corrected chi connectivity index (χ1v) is 6.95. The molecule has 1 heterocycles. The molecular formula is C17H18N2O. The van der Waals surface area contributed by atoms with Crippen LogP contribution < -0.4 is 4.90 Å². The molecule has 0 spiro atoms. The number of carbonyl (C=O) groups excluding carboxylic acids is 1. The van der Waals surface area contributed by atoms with E-state index in [4.69, 9.17) is 0 Å². The molecule has 102 valence electrons. The molecule has 0 N–H and O–H groups in total. The molecular weight excluding hydrogens is 248 g/mol. The number of benzene rings is 2. The van der Waals surface area contributed by atoms with Crippen molar-refractivity contribution in [1.29, 1.82) is 0 Å². The highest BCUT2D eigenvalue weighted by atomic mass is 16.2. The number of para-hydroxylation sites is 1. The zero-order valence-electron chi connectivity index (χ0n) is 11.6. The van der Waals surface area contributed by atoms with Gasteiger partial charge in [-0.05, 0) is 24.6 Å². The van der Waals surface area contributed by atoms with Gasteiger partial charge in [-0.1, -0.05) is 48.5 Å². The van der Waals surface area contributed by atoms with Crippen LogP contribution in [-0.2, 0) is 0 Å². The summed E-state index contributed by atoms with van der Waals surface area (Å²) >= 11 is 0. The number of anilines is 1. The lowest BCUT2D eigenvalue weighted by atomic mass is 10.1. The highest BCUT2D eigenvalue weighted by Crippen LogP contribution is 2.27. The first-order chi connectivity index (χ1) is 9.77. The van der Waals surface area contributed by atoms with Crippen molar-refractivity contribution in [3.8, 4) is 0 Å². The van der Waals surface area contributed by atoms with Crippen LogP contribution in [0.15, 0.2) is 60.7 Å². The van der Waals surface area contributed by atoms with Gasteiger partial charge in [-0.15, -0.1) is 0 Å². The molecule has 1 aliphatic heterocycles. The Balaban J connectivity index is 1.79. The third-order valence-corrected chi connectivity index (χ3v) is 3.86. The SMILES string of the molecule is C[C@@H](c1ccccc1)N1CCN(c2ccccc2)C1=O. The predicted octanol–water partition coefficient (Wildman–Crippen LogP) is 3.69. The molecule has 0 bridgehead atoms. The van der Waals surface area contributed by atoms with Crippen LogP contribution in [0, 0.1) is 0 Å². The van der Waals surface area contributed by atoms with E-state index in [9.17, 15) is 4.79 Å². The lowest BCUT2D eigenvalue weighted by molar-refractivity contribution is 0.205. The van der Waals surface area contributed by atoms with Gasteiger partial charge in [0, 0.05) is 18.8 Å². The summed E-state index contributed by atoms with van der Waals surface area (Å²) in [6, 6.07) is 20.2. The van der Waals surface area contributed by atoms with E-state index >= 15 is 0 Å². The van der Waals surface area contributed by atoms with Gasteiger partial charge in [0.1, 0.15) is 0 Å². The number of urea groups is 1. The van der Waals surface area contributed by atoms with Crippen LogP contribution in [0.5, 0.6) is 0 Å². The highest BCUT2D eigenvalue weighted by Gasteiger charge is 2.32. The second-order valence-corrected chi connectivity index (χ2v) is 5.05. The Morgan fingerprint density at radius 1 is 0.900 bits per heavy atom. The fourth-order valence-corrected chi connectivity index (χ4v) is 2.67. The molecule has 2 aromatic carbocycles. The number of nitrogens with zero attached hydrogens (tertiary/aromatic N) is 2. The van der Waals surface area contributed by atoms with Gasteiger partial charge in [0.05, 0.1) is 6.04 Å². The second-order valence-electron chi connectivity index (χ2n) is 5.05. The summed E-state index contributed by atoms with van der Waals surface area (Å²) in [4.78, 5) is 16.4. The Hall–Kier alpha value is -2.29. The molecule has 20 heavy (non-hydrogen) atoms. The summed E-state index contributed by atoms with van der Waals surface area (Å²) in [5.41, 5.74) is 2.15. The number of rotatable bonds is 3. The maximum absolute atomic E-state index is 12.6. The van der Waals surface area contributed by atoms with Crippen LogP contribution in [0.3, 0.4) is 0 Å². The number of hydrogen-bond acceptors (Lipinski definition) is 1.